The van der Waals surface area contributed by atoms with E-state index in [2.05, 4.69) is 5.32 Å². The van der Waals surface area contributed by atoms with E-state index in [0.717, 1.165) is 21.0 Å². The molecule has 0 aliphatic carbocycles. The molecule has 0 saturated carbocycles. The van der Waals surface area contributed by atoms with Gasteiger partial charge in [-0.05, 0) is 74.4 Å². The van der Waals surface area contributed by atoms with Crippen molar-refractivity contribution >= 4 is 38.9 Å². The third kappa shape index (κ3) is 5.23. The third-order valence-corrected chi connectivity index (χ3v) is 7.19. The molecule has 0 bridgehead atoms. The van der Waals surface area contributed by atoms with Crippen molar-refractivity contribution in [3.63, 3.8) is 0 Å². The Bertz CT molecular complexity index is 1240. The molecule has 3 rings (SSSR count). The normalized spacial score (nSPS) is 11.2. The first-order valence-corrected chi connectivity index (χ1v) is 11.7. The Morgan fingerprint density at radius 2 is 1.66 bits per heavy atom. The number of benzene rings is 3. The third-order valence-electron chi connectivity index (χ3n) is 5.11. The number of ether oxygens (including phenoxy) is 1. The summed E-state index contributed by atoms with van der Waals surface area (Å²) in [5, 5.41) is 3.04. The first-order valence-electron chi connectivity index (χ1n) is 9.92. The second kappa shape index (κ2) is 9.63. The van der Waals surface area contributed by atoms with Gasteiger partial charge >= 0.3 is 0 Å². The maximum absolute atomic E-state index is 13.5. The lowest BCUT2D eigenvalue weighted by Gasteiger charge is -2.25. The summed E-state index contributed by atoms with van der Waals surface area (Å²) in [4.78, 5) is 13.0. The van der Waals surface area contributed by atoms with Gasteiger partial charge in [0.05, 0.1) is 22.7 Å². The number of anilines is 2. The molecule has 3 aromatic carbocycles. The standard InChI is InChI=1S/C24H25ClN2O4S/c1-16-5-10-21(11-6-16)32(29,30)27(20-9-7-17(2)18(3)13-20)15-24(28)26-19-8-12-23(31-4)22(25)14-19/h5-14H,15H2,1-4H3,(H,26,28). The molecule has 0 saturated heterocycles. The maximum Gasteiger partial charge on any atom is 0.264 e. The monoisotopic (exact) mass is 472 g/mol. The zero-order valence-corrected chi connectivity index (χ0v) is 19.9. The number of hydrogen-bond acceptors (Lipinski definition) is 4. The van der Waals surface area contributed by atoms with Crippen LogP contribution in [0.3, 0.4) is 0 Å². The molecule has 168 valence electrons. The van der Waals surface area contributed by atoms with Crippen molar-refractivity contribution in [2.24, 2.45) is 0 Å². The zero-order valence-electron chi connectivity index (χ0n) is 18.3. The highest BCUT2D eigenvalue weighted by Gasteiger charge is 2.27. The van der Waals surface area contributed by atoms with E-state index < -0.39 is 22.5 Å². The number of halogens is 1. The fraction of sp³-hybridized carbons (Fsp3) is 0.208. The molecule has 0 unspecified atom stereocenters. The van der Waals surface area contributed by atoms with E-state index in [0.29, 0.717) is 22.1 Å². The molecule has 0 aliphatic heterocycles. The number of rotatable bonds is 7. The highest BCUT2D eigenvalue weighted by Crippen LogP contribution is 2.28. The Morgan fingerprint density at radius 1 is 0.969 bits per heavy atom. The molecule has 8 heteroatoms. The number of nitrogens with zero attached hydrogens (tertiary/aromatic N) is 1. The van der Waals surface area contributed by atoms with Gasteiger partial charge in [0, 0.05) is 5.69 Å². The number of aryl methyl sites for hydroxylation is 3. The van der Waals surface area contributed by atoms with Crippen molar-refractivity contribution in [1.29, 1.82) is 0 Å². The zero-order chi connectivity index (χ0) is 23.5. The van der Waals surface area contributed by atoms with Crippen molar-refractivity contribution in [2.75, 3.05) is 23.3 Å². The van der Waals surface area contributed by atoms with E-state index in [4.69, 9.17) is 16.3 Å². The summed E-state index contributed by atoms with van der Waals surface area (Å²) in [6.45, 7) is 5.32. The van der Waals surface area contributed by atoms with Crippen LogP contribution in [0.2, 0.25) is 5.02 Å². The largest absolute Gasteiger partial charge is 0.495 e. The van der Waals surface area contributed by atoms with E-state index >= 15 is 0 Å². The van der Waals surface area contributed by atoms with Gasteiger partial charge in [-0.1, -0.05) is 35.4 Å². The first-order chi connectivity index (χ1) is 15.1. The van der Waals surface area contributed by atoms with Gasteiger partial charge in [0.2, 0.25) is 5.91 Å². The minimum atomic E-state index is -3.98. The molecule has 0 spiro atoms. The van der Waals surface area contributed by atoms with E-state index in [1.807, 2.05) is 26.8 Å². The van der Waals surface area contributed by atoms with Gasteiger partial charge in [0.15, 0.2) is 0 Å². The number of carbonyl (C=O) groups excluding carboxylic acids is 1. The van der Waals surface area contributed by atoms with Gasteiger partial charge in [-0.2, -0.15) is 0 Å². The molecule has 1 amide bonds. The van der Waals surface area contributed by atoms with Crippen LogP contribution in [0.15, 0.2) is 65.6 Å². The van der Waals surface area contributed by atoms with Crippen LogP contribution in [0.25, 0.3) is 0 Å². The minimum Gasteiger partial charge on any atom is -0.495 e. The average molecular weight is 473 g/mol. The van der Waals surface area contributed by atoms with Gasteiger partial charge in [-0.15, -0.1) is 0 Å². The Hall–Kier alpha value is -3.03. The second-order valence-electron chi connectivity index (χ2n) is 7.49. The highest BCUT2D eigenvalue weighted by molar-refractivity contribution is 7.92. The van der Waals surface area contributed by atoms with Crippen molar-refractivity contribution in [3.05, 3.63) is 82.4 Å². The van der Waals surface area contributed by atoms with Gasteiger partial charge in [0.1, 0.15) is 12.3 Å². The van der Waals surface area contributed by atoms with Gasteiger partial charge < -0.3 is 10.1 Å². The summed E-state index contributed by atoms with van der Waals surface area (Å²) in [5.74, 6) is -0.0245. The fourth-order valence-electron chi connectivity index (χ4n) is 3.11. The van der Waals surface area contributed by atoms with Crippen LogP contribution in [0.4, 0.5) is 11.4 Å². The predicted octanol–water partition coefficient (Wildman–Crippen LogP) is 5.11. The van der Waals surface area contributed by atoms with Crippen molar-refractivity contribution in [3.8, 4) is 5.75 Å². The summed E-state index contributed by atoms with van der Waals surface area (Å²) in [6.07, 6.45) is 0. The summed E-state index contributed by atoms with van der Waals surface area (Å²) < 4.78 is 33.2. The van der Waals surface area contributed by atoms with Crippen LogP contribution >= 0.6 is 11.6 Å². The van der Waals surface area contributed by atoms with Gasteiger partial charge in [-0.25, -0.2) is 8.42 Å². The van der Waals surface area contributed by atoms with Crippen LogP contribution in [-0.4, -0.2) is 28.0 Å². The molecule has 0 heterocycles. The fourth-order valence-corrected chi connectivity index (χ4v) is 4.78. The lowest BCUT2D eigenvalue weighted by molar-refractivity contribution is -0.114. The quantitative estimate of drug-likeness (QED) is 0.518. The predicted molar refractivity (Wildman–Crippen MR) is 128 cm³/mol. The first kappa shape index (κ1) is 23.6. The molecule has 0 fully saturated rings. The van der Waals surface area contributed by atoms with Crippen molar-refractivity contribution in [2.45, 2.75) is 25.7 Å². The minimum absolute atomic E-state index is 0.113. The maximum atomic E-state index is 13.5. The summed E-state index contributed by atoms with van der Waals surface area (Å²) in [6, 6.07) is 16.6. The van der Waals surface area contributed by atoms with Gasteiger partial charge in [0.25, 0.3) is 10.0 Å². The number of sulfonamides is 1. The number of carbonyl (C=O) groups is 1. The Balaban J connectivity index is 1.95. The van der Waals surface area contributed by atoms with Gasteiger partial charge in [-0.3, -0.25) is 9.10 Å². The Kier molecular flexibility index (Phi) is 7.11. The molecular formula is C24H25ClN2O4S. The number of methoxy groups -OCH3 is 1. The van der Waals surface area contributed by atoms with Crippen LogP contribution in [0, 0.1) is 20.8 Å². The van der Waals surface area contributed by atoms with Crippen LogP contribution < -0.4 is 14.4 Å². The molecular weight excluding hydrogens is 448 g/mol. The molecule has 32 heavy (non-hydrogen) atoms. The van der Waals surface area contributed by atoms with E-state index in [-0.39, 0.29) is 4.90 Å². The topological polar surface area (TPSA) is 75.7 Å². The molecule has 3 aromatic rings. The highest BCUT2D eigenvalue weighted by atomic mass is 35.5. The molecule has 1 N–H and O–H groups in total. The summed E-state index contributed by atoms with van der Waals surface area (Å²) >= 11 is 6.13. The Morgan fingerprint density at radius 3 is 2.25 bits per heavy atom. The SMILES string of the molecule is COc1ccc(NC(=O)CN(c2ccc(C)c(C)c2)S(=O)(=O)c2ccc(C)cc2)cc1Cl. The number of nitrogens with one attached hydrogen (secondary N) is 1. The lowest BCUT2D eigenvalue weighted by Crippen LogP contribution is -2.38. The average Bonchev–Trinajstić information content (AvgIpc) is 2.74. The van der Waals surface area contributed by atoms with E-state index in [9.17, 15) is 13.2 Å². The van der Waals surface area contributed by atoms with Crippen molar-refractivity contribution < 1.29 is 17.9 Å². The van der Waals surface area contributed by atoms with Crippen LogP contribution in [-0.2, 0) is 14.8 Å². The smallest absolute Gasteiger partial charge is 0.264 e. The summed E-state index contributed by atoms with van der Waals surface area (Å²) in [7, 11) is -2.48. The number of hydrogen-bond donors (Lipinski definition) is 1. The molecule has 0 radical (unpaired) electrons. The van der Waals surface area contributed by atoms with Crippen molar-refractivity contribution in [1.82, 2.24) is 0 Å². The van der Waals surface area contributed by atoms with E-state index in [1.165, 1.54) is 7.11 Å². The van der Waals surface area contributed by atoms with E-state index in [1.54, 1.807) is 54.6 Å². The van der Waals surface area contributed by atoms with Crippen LogP contribution in [0.1, 0.15) is 16.7 Å². The molecule has 0 aliphatic rings. The molecule has 0 atom stereocenters. The lowest BCUT2D eigenvalue weighted by atomic mass is 10.1. The Labute approximate surface area is 193 Å². The number of amides is 1. The molecule has 6 nitrogen and oxygen atoms in total. The van der Waals surface area contributed by atoms with Crippen LogP contribution in [0.5, 0.6) is 5.75 Å². The summed E-state index contributed by atoms with van der Waals surface area (Å²) in [5.41, 5.74) is 3.74. The second-order valence-corrected chi connectivity index (χ2v) is 9.76. The molecule has 0 aromatic heterocycles.